The maximum Gasteiger partial charge on any atom is 0.0529 e. The second-order valence-electron chi connectivity index (χ2n) is 5.49. The molecule has 2 N–H and O–H groups in total. The first-order chi connectivity index (χ1) is 7.05. The summed E-state index contributed by atoms with van der Waals surface area (Å²) in [6.45, 7) is 7.89. The van der Waals surface area contributed by atoms with E-state index in [1.807, 2.05) is 0 Å². The van der Waals surface area contributed by atoms with Gasteiger partial charge in [0.05, 0.1) is 6.61 Å². The zero-order valence-corrected chi connectivity index (χ0v) is 10.5. The molecule has 1 rings (SSSR count). The van der Waals surface area contributed by atoms with Crippen LogP contribution in [0, 0.1) is 5.41 Å². The molecule has 1 aliphatic rings. The minimum absolute atomic E-state index is 0.127. The van der Waals surface area contributed by atoms with E-state index in [1.165, 1.54) is 19.4 Å². The number of nitrogens with two attached hydrogens (primary N) is 1. The molecule has 0 aromatic heterocycles. The summed E-state index contributed by atoms with van der Waals surface area (Å²) in [5, 5.41) is 0. The van der Waals surface area contributed by atoms with Crippen LogP contribution in [0.1, 0.15) is 33.1 Å². The van der Waals surface area contributed by atoms with Crippen molar-refractivity contribution in [1.29, 1.82) is 0 Å². The maximum absolute atomic E-state index is 5.69. The second-order valence-corrected chi connectivity index (χ2v) is 5.49. The van der Waals surface area contributed by atoms with Crippen LogP contribution >= 0.6 is 0 Å². The lowest BCUT2D eigenvalue weighted by Crippen LogP contribution is -2.30. The van der Waals surface area contributed by atoms with Crippen molar-refractivity contribution in [1.82, 2.24) is 4.90 Å². The van der Waals surface area contributed by atoms with Crippen LogP contribution in [0.4, 0.5) is 0 Å². The van der Waals surface area contributed by atoms with Gasteiger partial charge in [-0.05, 0) is 39.4 Å². The first-order valence-electron chi connectivity index (χ1n) is 6.03. The molecule has 1 saturated heterocycles. The van der Waals surface area contributed by atoms with Gasteiger partial charge in [0.1, 0.15) is 0 Å². The highest BCUT2D eigenvalue weighted by Crippen LogP contribution is 2.18. The van der Waals surface area contributed by atoms with Crippen LogP contribution in [-0.2, 0) is 4.74 Å². The molecule has 3 nitrogen and oxygen atoms in total. The minimum Gasteiger partial charge on any atom is -0.381 e. The van der Waals surface area contributed by atoms with Crippen LogP contribution in [0.3, 0.4) is 0 Å². The third-order valence-electron chi connectivity index (χ3n) is 3.31. The van der Waals surface area contributed by atoms with Gasteiger partial charge in [-0.1, -0.05) is 13.8 Å². The van der Waals surface area contributed by atoms with Crippen LogP contribution in [0.25, 0.3) is 0 Å². The van der Waals surface area contributed by atoms with Crippen molar-refractivity contribution in [3.63, 3.8) is 0 Å². The van der Waals surface area contributed by atoms with Crippen LogP contribution < -0.4 is 5.73 Å². The van der Waals surface area contributed by atoms with Crippen molar-refractivity contribution in [2.45, 2.75) is 39.2 Å². The SMILES string of the molecule is CN1CCCC1CCOCC(C)(C)CN. The van der Waals surface area contributed by atoms with E-state index < -0.39 is 0 Å². The lowest BCUT2D eigenvalue weighted by atomic mass is 9.95. The lowest BCUT2D eigenvalue weighted by Gasteiger charge is -2.23. The molecular weight excluding hydrogens is 188 g/mol. The Hall–Kier alpha value is -0.120. The number of rotatable bonds is 6. The first-order valence-corrected chi connectivity index (χ1v) is 6.03. The standard InChI is InChI=1S/C12H26N2O/c1-12(2,9-13)10-15-8-6-11-5-4-7-14(11)3/h11H,4-10,13H2,1-3H3. The minimum atomic E-state index is 0.127. The van der Waals surface area contributed by atoms with E-state index in [-0.39, 0.29) is 5.41 Å². The Morgan fingerprint density at radius 2 is 2.20 bits per heavy atom. The Kier molecular flexibility index (Phi) is 5.03. The molecule has 1 atom stereocenters. The van der Waals surface area contributed by atoms with Crippen LogP contribution in [0.15, 0.2) is 0 Å². The predicted molar refractivity (Wildman–Crippen MR) is 63.9 cm³/mol. The summed E-state index contributed by atoms with van der Waals surface area (Å²) in [5.74, 6) is 0. The molecular formula is C12H26N2O. The van der Waals surface area contributed by atoms with Gasteiger partial charge in [0.15, 0.2) is 0 Å². The summed E-state index contributed by atoms with van der Waals surface area (Å²) in [6.07, 6.45) is 3.84. The largest absolute Gasteiger partial charge is 0.381 e. The highest BCUT2D eigenvalue weighted by atomic mass is 16.5. The fourth-order valence-electron chi connectivity index (χ4n) is 1.97. The van der Waals surface area contributed by atoms with Crippen LogP contribution in [-0.4, -0.2) is 44.3 Å². The molecule has 1 unspecified atom stereocenters. The summed E-state index contributed by atoms with van der Waals surface area (Å²) in [6, 6.07) is 0.742. The summed E-state index contributed by atoms with van der Waals surface area (Å²) >= 11 is 0. The molecule has 0 aliphatic carbocycles. The summed E-state index contributed by atoms with van der Waals surface area (Å²) in [7, 11) is 2.21. The lowest BCUT2D eigenvalue weighted by molar-refractivity contribution is 0.0556. The van der Waals surface area contributed by atoms with E-state index >= 15 is 0 Å². The fourth-order valence-corrected chi connectivity index (χ4v) is 1.97. The molecule has 1 heterocycles. The maximum atomic E-state index is 5.69. The van der Waals surface area contributed by atoms with Crippen molar-refractivity contribution in [3.05, 3.63) is 0 Å². The molecule has 3 heteroatoms. The number of likely N-dealkylation sites (tertiary alicyclic amines) is 1. The third kappa shape index (κ3) is 4.49. The topological polar surface area (TPSA) is 38.5 Å². The van der Waals surface area contributed by atoms with Crippen molar-refractivity contribution in [2.75, 3.05) is 33.4 Å². The second kappa shape index (κ2) is 5.83. The van der Waals surface area contributed by atoms with Gasteiger partial charge in [-0.2, -0.15) is 0 Å². The average Bonchev–Trinajstić information content (AvgIpc) is 2.59. The summed E-state index contributed by atoms with van der Waals surface area (Å²) in [4.78, 5) is 2.44. The van der Waals surface area contributed by atoms with E-state index in [0.717, 1.165) is 25.7 Å². The van der Waals surface area contributed by atoms with Gasteiger partial charge in [0, 0.05) is 18.1 Å². The summed E-state index contributed by atoms with van der Waals surface area (Å²) in [5.41, 5.74) is 5.77. The third-order valence-corrected chi connectivity index (χ3v) is 3.31. The predicted octanol–water partition coefficient (Wildman–Crippen LogP) is 1.47. The van der Waals surface area contributed by atoms with E-state index in [2.05, 4.69) is 25.8 Å². The van der Waals surface area contributed by atoms with Crippen molar-refractivity contribution >= 4 is 0 Å². The zero-order chi connectivity index (χ0) is 11.3. The monoisotopic (exact) mass is 214 g/mol. The van der Waals surface area contributed by atoms with Gasteiger partial charge in [-0.15, -0.1) is 0 Å². The molecule has 0 spiro atoms. The molecule has 0 aromatic rings. The van der Waals surface area contributed by atoms with E-state index in [4.69, 9.17) is 10.5 Å². The van der Waals surface area contributed by atoms with Gasteiger partial charge >= 0.3 is 0 Å². The molecule has 0 bridgehead atoms. The van der Waals surface area contributed by atoms with E-state index in [0.29, 0.717) is 6.54 Å². The van der Waals surface area contributed by atoms with Crippen molar-refractivity contribution < 1.29 is 4.74 Å². The molecule has 15 heavy (non-hydrogen) atoms. The molecule has 0 amide bonds. The highest BCUT2D eigenvalue weighted by Gasteiger charge is 2.21. The Morgan fingerprint density at radius 3 is 2.73 bits per heavy atom. The van der Waals surface area contributed by atoms with Gasteiger partial charge in [0.25, 0.3) is 0 Å². The smallest absolute Gasteiger partial charge is 0.0529 e. The first kappa shape index (κ1) is 12.9. The van der Waals surface area contributed by atoms with Crippen LogP contribution in [0.5, 0.6) is 0 Å². The number of hydrogen-bond acceptors (Lipinski definition) is 3. The summed E-state index contributed by atoms with van der Waals surface area (Å²) < 4.78 is 5.69. The fraction of sp³-hybridized carbons (Fsp3) is 1.00. The molecule has 0 radical (unpaired) electrons. The van der Waals surface area contributed by atoms with Gasteiger partial charge in [-0.3, -0.25) is 0 Å². The zero-order valence-electron chi connectivity index (χ0n) is 10.5. The van der Waals surface area contributed by atoms with Gasteiger partial charge in [0.2, 0.25) is 0 Å². The van der Waals surface area contributed by atoms with Gasteiger partial charge < -0.3 is 15.4 Å². The van der Waals surface area contributed by atoms with Crippen molar-refractivity contribution in [2.24, 2.45) is 11.1 Å². The Balaban J connectivity index is 2.06. The molecule has 0 aromatic carbocycles. The van der Waals surface area contributed by atoms with E-state index in [9.17, 15) is 0 Å². The molecule has 1 fully saturated rings. The van der Waals surface area contributed by atoms with Crippen LogP contribution in [0.2, 0.25) is 0 Å². The normalized spacial score (nSPS) is 23.6. The number of nitrogens with zero attached hydrogens (tertiary/aromatic N) is 1. The average molecular weight is 214 g/mol. The highest BCUT2D eigenvalue weighted by molar-refractivity contribution is 4.76. The Labute approximate surface area is 94.0 Å². The van der Waals surface area contributed by atoms with Crippen molar-refractivity contribution in [3.8, 4) is 0 Å². The molecule has 1 aliphatic heterocycles. The Morgan fingerprint density at radius 1 is 1.47 bits per heavy atom. The molecule has 0 saturated carbocycles. The quantitative estimate of drug-likeness (QED) is 0.681. The van der Waals surface area contributed by atoms with E-state index in [1.54, 1.807) is 0 Å². The Bertz CT molecular complexity index is 182. The molecule has 90 valence electrons. The van der Waals surface area contributed by atoms with Gasteiger partial charge in [-0.25, -0.2) is 0 Å². The number of ether oxygens (including phenoxy) is 1. The number of hydrogen-bond donors (Lipinski definition) is 1.